The highest BCUT2D eigenvalue weighted by Crippen LogP contribution is 2.32. The average Bonchev–Trinajstić information content (AvgIpc) is 3.03. The van der Waals surface area contributed by atoms with Crippen molar-refractivity contribution in [3.05, 3.63) is 63.2 Å². The number of pyridine rings is 1. The van der Waals surface area contributed by atoms with Crippen molar-refractivity contribution in [2.45, 2.75) is 0 Å². The van der Waals surface area contributed by atoms with Gasteiger partial charge in [-0.15, -0.1) is 11.3 Å². The van der Waals surface area contributed by atoms with E-state index < -0.39 is 11.8 Å². The maximum Gasteiger partial charge on any atom is 0.276 e. The molecule has 6 nitrogen and oxygen atoms in total. The quantitative estimate of drug-likeness (QED) is 0.703. The van der Waals surface area contributed by atoms with E-state index in [1.54, 1.807) is 23.6 Å². The number of hydrogen-bond acceptors (Lipinski definition) is 5. The first-order valence-corrected chi connectivity index (χ1v) is 8.56. The minimum atomic E-state index is -0.608. The number of benzene rings is 1. The molecular formula is C16H10Cl2N4O2S. The molecule has 0 spiro atoms. The first kappa shape index (κ1) is 17.3. The van der Waals surface area contributed by atoms with Gasteiger partial charge in [0, 0.05) is 22.2 Å². The summed E-state index contributed by atoms with van der Waals surface area (Å²) in [5.41, 5.74) is 6.85. The molecule has 2 amide bonds. The van der Waals surface area contributed by atoms with Crippen LogP contribution in [0.3, 0.4) is 0 Å². The number of hydrogen-bond donors (Lipinski definition) is 2. The van der Waals surface area contributed by atoms with Crippen LogP contribution in [0.1, 0.15) is 20.8 Å². The summed E-state index contributed by atoms with van der Waals surface area (Å²) >= 11 is 13.3. The Morgan fingerprint density at radius 2 is 1.96 bits per heavy atom. The van der Waals surface area contributed by atoms with Crippen LogP contribution in [-0.2, 0) is 0 Å². The molecule has 0 atom stereocenters. The summed E-state index contributed by atoms with van der Waals surface area (Å²) in [5.74, 6) is -1.05. The number of thiazole rings is 1. The SMILES string of the molecule is NC(=O)c1ccc(C(=O)Nc2nc(-c3ccc(Cl)cc3Cl)cs2)nc1. The number of nitrogens with zero attached hydrogens (tertiary/aromatic N) is 2. The molecule has 0 radical (unpaired) electrons. The van der Waals surface area contributed by atoms with E-state index in [2.05, 4.69) is 15.3 Å². The van der Waals surface area contributed by atoms with E-state index in [9.17, 15) is 9.59 Å². The second-order valence-corrected chi connectivity index (χ2v) is 6.61. The Balaban J connectivity index is 1.76. The second-order valence-electron chi connectivity index (χ2n) is 4.91. The first-order valence-electron chi connectivity index (χ1n) is 6.92. The highest BCUT2D eigenvalue weighted by Gasteiger charge is 2.13. The summed E-state index contributed by atoms with van der Waals surface area (Å²) in [5, 5.41) is 5.82. The molecule has 0 saturated heterocycles. The number of nitrogens with two attached hydrogens (primary N) is 1. The lowest BCUT2D eigenvalue weighted by molar-refractivity contribution is 0.0993. The van der Waals surface area contributed by atoms with Crippen LogP contribution in [0, 0.1) is 0 Å². The maximum absolute atomic E-state index is 12.2. The van der Waals surface area contributed by atoms with Crippen molar-refractivity contribution in [1.82, 2.24) is 9.97 Å². The third-order valence-corrected chi connectivity index (χ3v) is 4.52. The summed E-state index contributed by atoms with van der Waals surface area (Å²) in [6.07, 6.45) is 1.25. The smallest absolute Gasteiger partial charge is 0.276 e. The molecule has 0 fully saturated rings. The topological polar surface area (TPSA) is 98.0 Å². The largest absolute Gasteiger partial charge is 0.366 e. The van der Waals surface area contributed by atoms with Gasteiger partial charge >= 0.3 is 0 Å². The highest BCUT2D eigenvalue weighted by atomic mass is 35.5. The fourth-order valence-electron chi connectivity index (χ4n) is 1.99. The molecule has 0 aliphatic heterocycles. The van der Waals surface area contributed by atoms with Crippen molar-refractivity contribution >= 4 is 51.5 Å². The number of rotatable bonds is 4. The fraction of sp³-hybridized carbons (Fsp3) is 0. The van der Waals surface area contributed by atoms with Gasteiger partial charge in [0.05, 0.1) is 16.3 Å². The molecule has 9 heteroatoms. The van der Waals surface area contributed by atoms with Gasteiger partial charge in [0.15, 0.2) is 5.13 Å². The Labute approximate surface area is 156 Å². The number of carbonyl (C=O) groups excluding carboxylic acids is 2. The number of halogens is 2. The molecule has 2 heterocycles. The molecule has 0 aliphatic rings. The summed E-state index contributed by atoms with van der Waals surface area (Å²) < 4.78 is 0. The fourth-order valence-corrected chi connectivity index (χ4v) is 3.20. The van der Waals surface area contributed by atoms with Crippen molar-refractivity contribution in [2.24, 2.45) is 5.73 Å². The molecule has 2 aromatic heterocycles. The van der Waals surface area contributed by atoms with Crippen LogP contribution in [0.25, 0.3) is 11.3 Å². The lowest BCUT2D eigenvalue weighted by Crippen LogP contribution is -2.15. The van der Waals surface area contributed by atoms with Gasteiger partial charge in [0.2, 0.25) is 5.91 Å². The van der Waals surface area contributed by atoms with Crippen LogP contribution in [0.2, 0.25) is 10.0 Å². The summed E-state index contributed by atoms with van der Waals surface area (Å²) in [6, 6.07) is 7.95. The standard InChI is InChI=1S/C16H10Cl2N4O2S/c17-9-2-3-10(11(18)5-9)13-7-25-16(21-13)22-15(24)12-4-1-8(6-20-12)14(19)23/h1-7H,(H2,19,23)(H,21,22,24). The van der Waals surface area contributed by atoms with Crippen LogP contribution in [0.15, 0.2) is 41.9 Å². The number of aromatic nitrogens is 2. The van der Waals surface area contributed by atoms with Gasteiger partial charge in [-0.1, -0.05) is 23.2 Å². The predicted octanol–water partition coefficient (Wildman–Crippen LogP) is 3.86. The zero-order valence-electron chi connectivity index (χ0n) is 12.5. The second kappa shape index (κ2) is 7.18. The molecular weight excluding hydrogens is 383 g/mol. The van der Waals surface area contributed by atoms with Crippen molar-refractivity contribution in [1.29, 1.82) is 0 Å². The third-order valence-electron chi connectivity index (χ3n) is 3.21. The van der Waals surface area contributed by atoms with Gasteiger partial charge in [-0.3, -0.25) is 19.9 Å². The molecule has 3 aromatic rings. The van der Waals surface area contributed by atoms with Crippen LogP contribution in [-0.4, -0.2) is 21.8 Å². The zero-order valence-corrected chi connectivity index (χ0v) is 14.8. The summed E-state index contributed by atoms with van der Waals surface area (Å²) in [6.45, 7) is 0. The number of carbonyl (C=O) groups is 2. The lowest BCUT2D eigenvalue weighted by Gasteiger charge is -2.02. The van der Waals surface area contributed by atoms with E-state index in [1.807, 2.05) is 0 Å². The number of primary amides is 1. The molecule has 0 aliphatic carbocycles. The predicted molar refractivity (Wildman–Crippen MR) is 98.3 cm³/mol. The molecule has 3 rings (SSSR count). The van der Waals surface area contributed by atoms with E-state index in [1.165, 1.54) is 29.7 Å². The van der Waals surface area contributed by atoms with Crippen molar-refractivity contribution in [3.8, 4) is 11.3 Å². The monoisotopic (exact) mass is 392 g/mol. The Bertz CT molecular complexity index is 957. The minimum Gasteiger partial charge on any atom is -0.366 e. The Morgan fingerprint density at radius 1 is 1.16 bits per heavy atom. The molecule has 0 bridgehead atoms. The number of anilines is 1. The van der Waals surface area contributed by atoms with Gasteiger partial charge < -0.3 is 5.73 Å². The minimum absolute atomic E-state index is 0.145. The van der Waals surface area contributed by atoms with Crippen molar-refractivity contribution in [2.75, 3.05) is 5.32 Å². The summed E-state index contributed by atoms with van der Waals surface area (Å²) in [7, 11) is 0. The highest BCUT2D eigenvalue weighted by molar-refractivity contribution is 7.14. The first-order chi connectivity index (χ1) is 11.9. The van der Waals surface area contributed by atoms with E-state index in [-0.39, 0.29) is 11.3 Å². The van der Waals surface area contributed by atoms with E-state index in [4.69, 9.17) is 28.9 Å². The van der Waals surface area contributed by atoms with Crippen molar-refractivity contribution < 1.29 is 9.59 Å². The van der Waals surface area contributed by atoms with Gasteiger partial charge in [0.1, 0.15) is 5.69 Å². The average molecular weight is 393 g/mol. The van der Waals surface area contributed by atoms with Gasteiger partial charge in [-0.25, -0.2) is 4.98 Å². The maximum atomic E-state index is 12.2. The van der Waals surface area contributed by atoms with Gasteiger partial charge in [-0.05, 0) is 30.3 Å². The zero-order chi connectivity index (χ0) is 18.0. The van der Waals surface area contributed by atoms with Crippen LogP contribution in [0.5, 0.6) is 0 Å². The molecule has 3 N–H and O–H groups in total. The summed E-state index contributed by atoms with van der Waals surface area (Å²) in [4.78, 5) is 31.5. The molecule has 0 saturated carbocycles. The molecule has 0 unspecified atom stereocenters. The Morgan fingerprint density at radius 3 is 2.60 bits per heavy atom. The van der Waals surface area contributed by atoms with E-state index in [0.717, 1.165) is 0 Å². The molecule has 1 aromatic carbocycles. The van der Waals surface area contributed by atoms with Crippen LogP contribution >= 0.6 is 34.5 Å². The number of amides is 2. The molecule has 126 valence electrons. The van der Waals surface area contributed by atoms with E-state index in [0.29, 0.717) is 26.4 Å². The lowest BCUT2D eigenvalue weighted by atomic mass is 10.2. The van der Waals surface area contributed by atoms with Crippen LogP contribution in [0.4, 0.5) is 5.13 Å². The molecule has 25 heavy (non-hydrogen) atoms. The van der Waals surface area contributed by atoms with Gasteiger partial charge in [-0.2, -0.15) is 0 Å². The normalized spacial score (nSPS) is 10.5. The number of nitrogens with one attached hydrogen (secondary N) is 1. The Kier molecular flexibility index (Phi) is 4.98. The van der Waals surface area contributed by atoms with Crippen LogP contribution < -0.4 is 11.1 Å². The van der Waals surface area contributed by atoms with Crippen molar-refractivity contribution in [3.63, 3.8) is 0 Å². The third kappa shape index (κ3) is 3.96. The van der Waals surface area contributed by atoms with E-state index >= 15 is 0 Å². The van der Waals surface area contributed by atoms with Gasteiger partial charge in [0.25, 0.3) is 5.91 Å². The Hall–Kier alpha value is -2.48.